The Balaban J connectivity index is 2.02. The summed E-state index contributed by atoms with van der Waals surface area (Å²) in [7, 11) is 0. The monoisotopic (exact) mass is 292 g/mol. The lowest BCUT2D eigenvalue weighted by atomic mass is 9.81. The number of hydrogen-bond donors (Lipinski definition) is 1. The maximum Gasteiger partial charge on any atom is 0.278 e. The number of nitro groups is 1. The van der Waals surface area contributed by atoms with Crippen LogP contribution in [0.5, 0.6) is 0 Å². The van der Waals surface area contributed by atoms with Crippen LogP contribution in [-0.4, -0.2) is 16.7 Å². The van der Waals surface area contributed by atoms with Crippen LogP contribution in [0.15, 0.2) is 36.4 Å². The molecule has 0 radical (unpaired) electrons. The smallest absolute Gasteiger partial charge is 0.278 e. The van der Waals surface area contributed by atoms with Gasteiger partial charge in [-0.3, -0.25) is 25.0 Å². The lowest BCUT2D eigenvalue weighted by molar-refractivity contribution is -0.385. The SMILES string of the molecule is O=C1NC(=O)c2c1ccc([N+](=O)[O-])c2C1=Cc2ccccc21. The number of benzene rings is 2. The average Bonchev–Trinajstić information content (AvgIpc) is 2.75. The number of nitrogens with zero attached hydrogens (tertiary/aromatic N) is 1. The van der Waals surface area contributed by atoms with Crippen LogP contribution in [-0.2, 0) is 0 Å². The van der Waals surface area contributed by atoms with Gasteiger partial charge in [0.05, 0.1) is 21.6 Å². The number of carbonyl (C=O) groups excluding carboxylic acids is 2. The fraction of sp³-hybridized carbons (Fsp3) is 0. The molecular weight excluding hydrogens is 284 g/mol. The van der Waals surface area contributed by atoms with Crippen LogP contribution >= 0.6 is 0 Å². The summed E-state index contributed by atoms with van der Waals surface area (Å²) >= 11 is 0. The van der Waals surface area contributed by atoms with Gasteiger partial charge in [0.15, 0.2) is 0 Å². The van der Waals surface area contributed by atoms with Crippen LogP contribution in [0.2, 0.25) is 0 Å². The zero-order chi connectivity index (χ0) is 15.4. The van der Waals surface area contributed by atoms with Crippen molar-refractivity contribution in [3.8, 4) is 0 Å². The Morgan fingerprint density at radius 3 is 2.41 bits per heavy atom. The van der Waals surface area contributed by atoms with E-state index >= 15 is 0 Å². The molecule has 0 bridgehead atoms. The van der Waals surface area contributed by atoms with E-state index in [1.807, 2.05) is 24.3 Å². The molecule has 0 fully saturated rings. The van der Waals surface area contributed by atoms with Crippen LogP contribution in [0.25, 0.3) is 11.6 Å². The average molecular weight is 292 g/mol. The van der Waals surface area contributed by atoms with Gasteiger partial charge >= 0.3 is 0 Å². The number of fused-ring (bicyclic) bond motifs is 2. The summed E-state index contributed by atoms with van der Waals surface area (Å²) in [4.78, 5) is 34.6. The molecule has 106 valence electrons. The molecule has 0 atom stereocenters. The third-order valence-corrected chi connectivity index (χ3v) is 3.90. The van der Waals surface area contributed by atoms with E-state index in [0.717, 1.165) is 11.1 Å². The highest BCUT2D eigenvalue weighted by atomic mass is 16.6. The second-order valence-electron chi connectivity index (χ2n) is 5.07. The Hall–Kier alpha value is -3.28. The number of rotatable bonds is 2. The molecule has 2 amide bonds. The van der Waals surface area contributed by atoms with Gasteiger partial charge in [0.1, 0.15) is 0 Å². The molecule has 22 heavy (non-hydrogen) atoms. The molecule has 6 heteroatoms. The molecule has 0 unspecified atom stereocenters. The van der Waals surface area contributed by atoms with Crippen LogP contribution in [0, 0.1) is 10.1 Å². The summed E-state index contributed by atoms with van der Waals surface area (Å²) < 4.78 is 0. The molecule has 4 rings (SSSR count). The minimum atomic E-state index is -0.594. The second-order valence-corrected chi connectivity index (χ2v) is 5.07. The molecule has 1 aliphatic carbocycles. The molecule has 0 saturated heterocycles. The van der Waals surface area contributed by atoms with Crippen molar-refractivity contribution < 1.29 is 14.5 Å². The van der Waals surface area contributed by atoms with Gasteiger partial charge in [0.25, 0.3) is 17.5 Å². The summed E-state index contributed by atoms with van der Waals surface area (Å²) in [5, 5.41) is 13.5. The highest BCUT2D eigenvalue weighted by Crippen LogP contribution is 2.44. The van der Waals surface area contributed by atoms with Gasteiger partial charge in [-0.25, -0.2) is 0 Å². The summed E-state index contributed by atoms with van der Waals surface area (Å²) in [5.41, 5.74) is 2.70. The largest absolute Gasteiger partial charge is 0.288 e. The number of hydrogen-bond acceptors (Lipinski definition) is 4. The van der Waals surface area contributed by atoms with Crippen LogP contribution in [0.4, 0.5) is 5.69 Å². The van der Waals surface area contributed by atoms with Gasteiger partial charge < -0.3 is 0 Å². The number of imide groups is 1. The molecule has 1 N–H and O–H groups in total. The zero-order valence-corrected chi connectivity index (χ0v) is 11.1. The molecule has 2 aliphatic rings. The first-order chi connectivity index (χ1) is 10.6. The Kier molecular flexibility index (Phi) is 2.33. The molecule has 6 nitrogen and oxygen atoms in total. The van der Waals surface area contributed by atoms with E-state index in [0.29, 0.717) is 5.57 Å². The van der Waals surface area contributed by atoms with Crippen molar-refractivity contribution in [3.05, 3.63) is 74.3 Å². The van der Waals surface area contributed by atoms with E-state index < -0.39 is 16.7 Å². The van der Waals surface area contributed by atoms with Crippen molar-refractivity contribution in [1.29, 1.82) is 0 Å². The van der Waals surface area contributed by atoms with E-state index in [2.05, 4.69) is 5.32 Å². The fourth-order valence-corrected chi connectivity index (χ4v) is 2.90. The summed E-state index contributed by atoms with van der Waals surface area (Å²) in [6.45, 7) is 0. The number of amides is 2. The highest BCUT2D eigenvalue weighted by Gasteiger charge is 2.37. The van der Waals surface area contributed by atoms with Crippen molar-refractivity contribution in [2.45, 2.75) is 0 Å². The maximum absolute atomic E-state index is 12.0. The van der Waals surface area contributed by atoms with Gasteiger partial charge in [-0.2, -0.15) is 0 Å². The molecule has 2 aromatic carbocycles. The number of carbonyl (C=O) groups is 2. The fourth-order valence-electron chi connectivity index (χ4n) is 2.90. The summed E-state index contributed by atoms with van der Waals surface area (Å²) in [6.07, 6.45) is 1.79. The predicted molar refractivity (Wildman–Crippen MR) is 78.3 cm³/mol. The van der Waals surface area contributed by atoms with Crippen molar-refractivity contribution in [2.75, 3.05) is 0 Å². The van der Waals surface area contributed by atoms with E-state index in [1.165, 1.54) is 12.1 Å². The van der Waals surface area contributed by atoms with Crippen molar-refractivity contribution in [3.63, 3.8) is 0 Å². The summed E-state index contributed by atoms with van der Waals surface area (Å²) in [5.74, 6) is -1.12. The second kappa shape index (κ2) is 4.11. The molecule has 1 aliphatic heterocycles. The Morgan fingerprint density at radius 2 is 1.68 bits per heavy atom. The van der Waals surface area contributed by atoms with Gasteiger partial charge in [0.2, 0.25) is 0 Å². The molecule has 0 saturated carbocycles. The third-order valence-electron chi connectivity index (χ3n) is 3.90. The van der Waals surface area contributed by atoms with Gasteiger partial charge in [-0.15, -0.1) is 0 Å². The van der Waals surface area contributed by atoms with Crippen LogP contribution < -0.4 is 5.32 Å². The molecule has 2 aromatic rings. The lowest BCUT2D eigenvalue weighted by Gasteiger charge is -2.21. The number of nitro benzene ring substituents is 1. The minimum Gasteiger partial charge on any atom is -0.288 e. The Morgan fingerprint density at radius 1 is 0.909 bits per heavy atom. The van der Waals surface area contributed by atoms with E-state index in [4.69, 9.17) is 0 Å². The first-order valence-corrected chi connectivity index (χ1v) is 6.56. The Labute approximate surface area is 124 Å². The van der Waals surface area contributed by atoms with Gasteiger partial charge in [-0.1, -0.05) is 24.3 Å². The van der Waals surface area contributed by atoms with Crippen LogP contribution in [0.1, 0.15) is 37.4 Å². The summed E-state index contributed by atoms with van der Waals surface area (Å²) in [6, 6.07) is 10.0. The lowest BCUT2D eigenvalue weighted by Crippen LogP contribution is -2.20. The van der Waals surface area contributed by atoms with Crippen molar-refractivity contribution in [1.82, 2.24) is 5.32 Å². The quantitative estimate of drug-likeness (QED) is 0.446. The van der Waals surface area contributed by atoms with Crippen molar-refractivity contribution >= 4 is 29.2 Å². The highest BCUT2D eigenvalue weighted by molar-refractivity contribution is 6.25. The topological polar surface area (TPSA) is 89.3 Å². The van der Waals surface area contributed by atoms with Gasteiger partial charge in [-0.05, 0) is 28.8 Å². The van der Waals surface area contributed by atoms with Crippen molar-refractivity contribution in [2.24, 2.45) is 0 Å². The Bertz CT molecular complexity index is 928. The molecule has 1 heterocycles. The van der Waals surface area contributed by atoms with E-state index in [1.54, 1.807) is 6.08 Å². The maximum atomic E-state index is 12.0. The molecular formula is C16H8N2O4. The zero-order valence-electron chi connectivity index (χ0n) is 11.1. The first-order valence-electron chi connectivity index (χ1n) is 6.56. The minimum absolute atomic E-state index is 0.0833. The van der Waals surface area contributed by atoms with E-state index in [9.17, 15) is 19.7 Å². The third kappa shape index (κ3) is 1.49. The van der Waals surface area contributed by atoms with E-state index in [-0.39, 0.29) is 22.4 Å². The first kappa shape index (κ1) is 12.5. The van der Waals surface area contributed by atoms with Crippen LogP contribution in [0.3, 0.4) is 0 Å². The predicted octanol–water partition coefficient (Wildman–Crippen LogP) is 2.38. The normalized spacial score (nSPS) is 14.6. The molecule has 0 spiro atoms. The number of nitrogens with one attached hydrogen (secondary N) is 1. The molecule has 0 aromatic heterocycles. The van der Waals surface area contributed by atoms with Gasteiger partial charge in [0, 0.05) is 6.07 Å². The standard InChI is InChI=1S/C16H8N2O4/c19-15-10-5-6-12(18(21)22)13(14(10)16(20)17-15)11-7-8-3-1-2-4-9(8)11/h1-7H,(H,17,19,20).